The third-order valence-electron chi connectivity index (χ3n) is 4.47. The number of epoxide rings is 1. The van der Waals surface area contributed by atoms with E-state index in [1.807, 2.05) is 12.4 Å². The Bertz CT molecular complexity index is 694. The average Bonchev–Trinajstić information content (AvgIpc) is 3.50. The number of unbranched alkanes of at least 4 members (excludes halogenated alkanes) is 4. The molecule has 26 heavy (non-hydrogen) atoms. The lowest BCUT2D eigenvalue weighted by Crippen LogP contribution is -2.12. The molecule has 2 heterocycles. The number of carbonyl (C=O) groups is 1. The van der Waals surface area contributed by atoms with Gasteiger partial charge in [0, 0.05) is 18.0 Å². The van der Waals surface area contributed by atoms with E-state index in [9.17, 15) is 4.79 Å². The summed E-state index contributed by atoms with van der Waals surface area (Å²) in [6.45, 7) is 3.10. The SMILES string of the molecule is Cc1ccc(-c2ncc(CCCCCCCOC(=O)C3CO3)cn2)cc1. The minimum absolute atomic E-state index is 0.209. The van der Waals surface area contributed by atoms with Crippen LogP contribution in [-0.2, 0) is 20.7 Å². The summed E-state index contributed by atoms with van der Waals surface area (Å²) in [6, 6.07) is 8.26. The van der Waals surface area contributed by atoms with E-state index < -0.39 is 0 Å². The molecule has 1 aromatic heterocycles. The number of hydrogen-bond donors (Lipinski definition) is 0. The van der Waals surface area contributed by atoms with Crippen LogP contribution < -0.4 is 0 Å². The number of nitrogens with zero attached hydrogens (tertiary/aromatic N) is 2. The first-order chi connectivity index (χ1) is 12.7. The summed E-state index contributed by atoms with van der Waals surface area (Å²) in [5.41, 5.74) is 3.47. The summed E-state index contributed by atoms with van der Waals surface area (Å²) in [6.07, 6.45) is 10.0. The molecule has 0 bridgehead atoms. The third-order valence-corrected chi connectivity index (χ3v) is 4.47. The van der Waals surface area contributed by atoms with Crippen LogP contribution in [0.1, 0.15) is 43.2 Å². The van der Waals surface area contributed by atoms with Gasteiger partial charge in [-0.25, -0.2) is 14.8 Å². The van der Waals surface area contributed by atoms with Gasteiger partial charge in [-0.15, -0.1) is 0 Å². The van der Waals surface area contributed by atoms with Crippen LogP contribution in [0.4, 0.5) is 0 Å². The molecule has 1 fully saturated rings. The largest absolute Gasteiger partial charge is 0.464 e. The summed E-state index contributed by atoms with van der Waals surface area (Å²) in [5, 5.41) is 0. The molecule has 1 aromatic carbocycles. The zero-order valence-corrected chi connectivity index (χ0v) is 15.3. The van der Waals surface area contributed by atoms with Crippen LogP contribution in [0.3, 0.4) is 0 Å². The summed E-state index contributed by atoms with van der Waals surface area (Å²) in [4.78, 5) is 20.2. The van der Waals surface area contributed by atoms with Gasteiger partial charge in [0.15, 0.2) is 11.9 Å². The van der Waals surface area contributed by atoms with Crippen LogP contribution in [0.15, 0.2) is 36.7 Å². The number of hydrogen-bond acceptors (Lipinski definition) is 5. The smallest absolute Gasteiger partial charge is 0.337 e. The molecule has 0 spiro atoms. The van der Waals surface area contributed by atoms with Gasteiger partial charge < -0.3 is 9.47 Å². The van der Waals surface area contributed by atoms with E-state index in [2.05, 4.69) is 41.2 Å². The summed E-state index contributed by atoms with van der Waals surface area (Å²) in [5.74, 6) is 0.568. The minimum Gasteiger partial charge on any atom is -0.464 e. The van der Waals surface area contributed by atoms with Gasteiger partial charge in [0.2, 0.25) is 0 Å². The maximum Gasteiger partial charge on any atom is 0.337 e. The van der Waals surface area contributed by atoms with Crippen LogP contribution in [0.2, 0.25) is 0 Å². The van der Waals surface area contributed by atoms with Gasteiger partial charge in [-0.1, -0.05) is 49.1 Å². The van der Waals surface area contributed by atoms with Gasteiger partial charge in [-0.2, -0.15) is 0 Å². The van der Waals surface area contributed by atoms with Crippen LogP contribution in [-0.4, -0.2) is 35.3 Å². The number of aryl methyl sites for hydroxylation is 2. The highest BCUT2D eigenvalue weighted by Crippen LogP contribution is 2.16. The summed E-state index contributed by atoms with van der Waals surface area (Å²) < 4.78 is 9.99. The number of aromatic nitrogens is 2. The Balaban J connectivity index is 1.27. The third kappa shape index (κ3) is 5.92. The molecule has 5 heteroatoms. The molecule has 2 aromatic rings. The van der Waals surface area contributed by atoms with Crippen LogP contribution in [0, 0.1) is 6.92 Å². The highest BCUT2D eigenvalue weighted by molar-refractivity contribution is 5.76. The molecule has 0 N–H and O–H groups in total. The van der Waals surface area contributed by atoms with Crippen molar-refractivity contribution in [3.05, 3.63) is 47.8 Å². The molecule has 5 nitrogen and oxygen atoms in total. The molecule has 0 radical (unpaired) electrons. The fourth-order valence-electron chi connectivity index (χ4n) is 2.75. The molecule has 0 amide bonds. The lowest BCUT2D eigenvalue weighted by molar-refractivity contribution is -0.145. The van der Waals surface area contributed by atoms with Gasteiger partial charge in [-0.05, 0) is 31.7 Å². The molecular weight excluding hydrogens is 328 g/mol. The van der Waals surface area contributed by atoms with Crippen molar-refractivity contribution in [1.29, 1.82) is 0 Å². The maximum absolute atomic E-state index is 11.3. The molecule has 138 valence electrons. The van der Waals surface area contributed by atoms with Gasteiger partial charge in [0.1, 0.15) is 0 Å². The van der Waals surface area contributed by atoms with E-state index >= 15 is 0 Å². The second-order valence-electron chi connectivity index (χ2n) is 6.79. The molecule has 1 unspecified atom stereocenters. The van der Waals surface area contributed by atoms with Crippen LogP contribution in [0.5, 0.6) is 0 Å². The average molecular weight is 354 g/mol. The number of benzene rings is 1. The number of ether oxygens (including phenoxy) is 2. The maximum atomic E-state index is 11.3. The first-order valence-corrected chi connectivity index (χ1v) is 9.38. The van der Waals surface area contributed by atoms with E-state index in [0.717, 1.165) is 43.5 Å². The molecule has 1 saturated heterocycles. The van der Waals surface area contributed by atoms with Crippen molar-refractivity contribution in [2.45, 2.75) is 51.6 Å². The number of carbonyl (C=O) groups excluding carboxylic acids is 1. The number of esters is 1. The molecule has 3 rings (SSSR count). The van der Waals surface area contributed by atoms with Crippen LogP contribution in [0.25, 0.3) is 11.4 Å². The molecule has 0 aliphatic carbocycles. The zero-order valence-electron chi connectivity index (χ0n) is 15.3. The van der Waals surface area contributed by atoms with Crippen molar-refractivity contribution in [3.63, 3.8) is 0 Å². The molecular formula is C21H26N2O3. The quantitative estimate of drug-likeness (QED) is 0.368. The van der Waals surface area contributed by atoms with Crippen molar-refractivity contribution in [3.8, 4) is 11.4 Å². The Labute approximate surface area is 154 Å². The Hall–Kier alpha value is -2.27. The van der Waals surface area contributed by atoms with Gasteiger partial charge in [0.25, 0.3) is 0 Å². The number of rotatable bonds is 10. The predicted octanol–water partition coefficient (Wildman–Crippen LogP) is 3.89. The van der Waals surface area contributed by atoms with Gasteiger partial charge in [-0.3, -0.25) is 0 Å². The lowest BCUT2D eigenvalue weighted by Gasteiger charge is -2.05. The van der Waals surface area contributed by atoms with Gasteiger partial charge >= 0.3 is 5.97 Å². The Morgan fingerprint density at radius 2 is 1.73 bits per heavy atom. The van der Waals surface area contributed by atoms with Gasteiger partial charge in [0.05, 0.1) is 13.2 Å². The van der Waals surface area contributed by atoms with E-state index in [1.54, 1.807) is 0 Å². The molecule has 0 saturated carbocycles. The van der Waals surface area contributed by atoms with Crippen molar-refractivity contribution >= 4 is 5.97 Å². The van der Waals surface area contributed by atoms with Crippen molar-refractivity contribution in [1.82, 2.24) is 9.97 Å². The van der Waals surface area contributed by atoms with E-state index in [0.29, 0.717) is 13.2 Å². The van der Waals surface area contributed by atoms with Crippen molar-refractivity contribution in [2.24, 2.45) is 0 Å². The predicted molar refractivity (Wildman–Crippen MR) is 99.7 cm³/mol. The van der Waals surface area contributed by atoms with E-state index in [-0.39, 0.29) is 12.1 Å². The van der Waals surface area contributed by atoms with Crippen LogP contribution >= 0.6 is 0 Å². The van der Waals surface area contributed by atoms with Crippen molar-refractivity contribution < 1.29 is 14.3 Å². The summed E-state index contributed by atoms with van der Waals surface area (Å²) in [7, 11) is 0. The summed E-state index contributed by atoms with van der Waals surface area (Å²) >= 11 is 0. The Morgan fingerprint density at radius 1 is 1.08 bits per heavy atom. The molecule has 1 aliphatic heterocycles. The van der Waals surface area contributed by atoms with E-state index in [1.165, 1.54) is 17.5 Å². The fraction of sp³-hybridized carbons (Fsp3) is 0.476. The topological polar surface area (TPSA) is 64.6 Å². The first-order valence-electron chi connectivity index (χ1n) is 9.38. The normalized spacial score (nSPS) is 15.7. The highest BCUT2D eigenvalue weighted by Gasteiger charge is 2.32. The Kier molecular flexibility index (Phi) is 6.72. The molecule has 1 aliphatic rings. The zero-order chi connectivity index (χ0) is 18.2. The standard InChI is InChI=1S/C21H26N2O3/c1-16-8-10-18(11-9-16)20-22-13-17(14-23-20)7-5-3-2-4-6-12-25-21(24)19-15-26-19/h8-11,13-14,19H,2-7,12,15H2,1H3. The monoisotopic (exact) mass is 354 g/mol. The molecule has 1 atom stereocenters. The Morgan fingerprint density at radius 3 is 2.42 bits per heavy atom. The minimum atomic E-state index is -0.283. The highest BCUT2D eigenvalue weighted by atomic mass is 16.6. The van der Waals surface area contributed by atoms with E-state index in [4.69, 9.17) is 9.47 Å². The first kappa shape index (κ1) is 18.5. The van der Waals surface area contributed by atoms with Crippen molar-refractivity contribution in [2.75, 3.05) is 13.2 Å². The second kappa shape index (κ2) is 9.43. The second-order valence-corrected chi connectivity index (χ2v) is 6.79. The fourth-order valence-corrected chi connectivity index (χ4v) is 2.75. The lowest BCUT2D eigenvalue weighted by atomic mass is 10.1.